The number of nitrogens with zero attached hydrogens (tertiary/aromatic N) is 1. The summed E-state index contributed by atoms with van der Waals surface area (Å²) in [7, 11) is -3.27. The molecule has 1 aromatic carbocycles. The van der Waals surface area contributed by atoms with E-state index in [2.05, 4.69) is 5.32 Å². The highest BCUT2D eigenvalue weighted by Gasteiger charge is 2.24. The number of carbonyl (C=O) groups is 1. The first kappa shape index (κ1) is 14.8. The van der Waals surface area contributed by atoms with Crippen molar-refractivity contribution >= 4 is 21.6 Å². The molecular formula is C13H19N3O3S. The Balaban J connectivity index is 2.30. The van der Waals surface area contributed by atoms with Gasteiger partial charge in [0, 0.05) is 25.2 Å². The SMILES string of the molecule is CS(=O)(=O)N1CCCc2cc(C(=O)NCCN)ccc21. The zero-order valence-electron chi connectivity index (χ0n) is 11.4. The van der Waals surface area contributed by atoms with E-state index in [1.54, 1.807) is 18.2 Å². The van der Waals surface area contributed by atoms with Gasteiger partial charge in [-0.25, -0.2) is 8.42 Å². The third-order valence-corrected chi connectivity index (χ3v) is 4.43. The number of carbonyl (C=O) groups excluding carboxylic acids is 1. The van der Waals surface area contributed by atoms with Gasteiger partial charge in [0.1, 0.15) is 0 Å². The number of hydrogen-bond acceptors (Lipinski definition) is 4. The van der Waals surface area contributed by atoms with Crippen LogP contribution in [0.5, 0.6) is 0 Å². The number of nitrogens with two attached hydrogens (primary N) is 1. The maximum Gasteiger partial charge on any atom is 0.251 e. The molecule has 0 aliphatic carbocycles. The Labute approximate surface area is 119 Å². The second kappa shape index (κ2) is 5.80. The normalized spacial score (nSPS) is 14.8. The summed E-state index contributed by atoms with van der Waals surface area (Å²) >= 11 is 0. The molecule has 7 heteroatoms. The van der Waals surface area contributed by atoms with E-state index in [4.69, 9.17) is 5.73 Å². The molecule has 0 spiro atoms. The van der Waals surface area contributed by atoms with Crippen LogP contribution in [0.25, 0.3) is 0 Å². The van der Waals surface area contributed by atoms with Crippen LogP contribution in [0.15, 0.2) is 18.2 Å². The lowest BCUT2D eigenvalue weighted by molar-refractivity contribution is 0.0954. The van der Waals surface area contributed by atoms with Crippen LogP contribution in [0.4, 0.5) is 5.69 Å². The Bertz CT molecular complexity index is 613. The molecule has 0 radical (unpaired) electrons. The minimum absolute atomic E-state index is 0.185. The van der Waals surface area contributed by atoms with Gasteiger partial charge >= 0.3 is 0 Å². The van der Waals surface area contributed by atoms with Gasteiger partial charge in [-0.05, 0) is 36.6 Å². The van der Waals surface area contributed by atoms with Crippen molar-refractivity contribution in [1.82, 2.24) is 5.32 Å². The van der Waals surface area contributed by atoms with Gasteiger partial charge < -0.3 is 11.1 Å². The lowest BCUT2D eigenvalue weighted by Gasteiger charge is -2.29. The van der Waals surface area contributed by atoms with Crippen molar-refractivity contribution in [2.45, 2.75) is 12.8 Å². The van der Waals surface area contributed by atoms with E-state index in [1.807, 2.05) is 0 Å². The van der Waals surface area contributed by atoms with Gasteiger partial charge in [0.25, 0.3) is 5.91 Å². The number of rotatable bonds is 4. The van der Waals surface area contributed by atoms with Gasteiger partial charge in [0.05, 0.1) is 11.9 Å². The summed E-state index contributed by atoms with van der Waals surface area (Å²) < 4.78 is 24.9. The lowest BCUT2D eigenvalue weighted by atomic mass is 10.0. The Morgan fingerprint density at radius 2 is 2.20 bits per heavy atom. The number of fused-ring (bicyclic) bond motifs is 1. The monoisotopic (exact) mass is 297 g/mol. The standard InChI is InChI=1S/C13H19N3O3S/c1-20(18,19)16-8-2-3-10-9-11(4-5-12(10)16)13(17)15-7-6-14/h4-5,9H,2-3,6-8,14H2,1H3,(H,15,17). The number of aryl methyl sites for hydroxylation is 1. The molecule has 2 rings (SSSR count). The van der Waals surface area contributed by atoms with Crippen LogP contribution in [-0.2, 0) is 16.4 Å². The van der Waals surface area contributed by atoms with E-state index < -0.39 is 10.0 Å². The van der Waals surface area contributed by atoms with Crippen molar-refractivity contribution in [3.63, 3.8) is 0 Å². The van der Waals surface area contributed by atoms with Crippen LogP contribution in [0.2, 0.25) is 0 Å². The molecule has 1 aliphatic rings. The summed E-state index contributed by atoms with van der Waals surface area (Å²) in [6, 6.07) is 5.11. The van der Waals surface area contributed by atoms with Crippen molar-refractivity contribution in [2.24, 2.45) is 5.73 Å². The van der Waals surface area contributed by atoms with E-state index in [9.17, 15) is 13.2 Å². The molecule has 1 aromatic rings. The largest absolute Gasteiger partial charge is 0.351 e. The Morgan fingerprint density at radius 1 is 1.45 bits per heavy atom. The maximum absolute atomic E-state index is 11.9. The van der Waals surface area contributed by atoms with Crippen LogP contribution in [0.3, 0.4) is 0 Å². The van der Waals surface area contributed by atoms with Gasteiger partial charge in [-0.2, -0.15) is 0 Å². The van der Waals surface area contributed by atoms with Crippen molar-refractivity contribution in [3.8, 4) is 0 Å². The Morgan fingerprint density at radius 3 is 2.85 bits per heavy atom. The highest BCUT2D eigenvalue weighted by atomic mass is 32.2. The van der Waals surface area contributed by atoms with Gasteiger partial charge in [-0.1, -0.05) is 0 Å². The van der Waals surface area contributed by atoms with Crippen LogP contribution in [0, 0.1) is 0 Å². The smallest absolute Gasteiger partial charge is 0.251 e. The second-order valence-electron chi connectivity index (χ2n) is 4.83. The van der Waals surface area contributed by atoms with E-state index >= 15 is 0 Å². The molecule has 6 nitrogen and oxygen atoms in total. The quantitative estimate of drug-likeness (QED) is 0.823. The predicted octanol–water partition coefficient (Wildman–Crippen LogP) is 0.0873. The van der Waals surface area contributed by atoms with E-state index in [0.717, 1.165) is 18.4 Å². The van der Waals surface area contributed by atoms with Crippen LogP contribution < -0.4 is 15.4 Å². The third-order valence-electron chi connectivity index (χ3n) is 3.25. The number of nitrogens with one attached hydrogen (secondary N) is 1. The summed E-state index contributed by atoms with van der Waals surface area (Å²) in [5.41, 5.74) is 7.44. The molecule has 20 heavy (non-hydrogen) atoms. The fourth-order valence-electron chi connectivity index (χ4n) is 2.34. The predicted molar refractivity (Wildman–Crippen MR) is 78.3 cm³/mol. The van der Waals surface area contributed by atoms with E-state index in [0.29, 0.717) is 30.9 Å². The van der Waals surface area contributed by atoms with Crippen molar-refractivity contribution in [2.75, 3.05) is 30.2 Å². The van der Waals surface area contributed by atoms with Gasteiger partial charge in [0.15, 0.2) is 0 Å². The summed E-state index contributed by atoms with van der Waals surface area (Å²) in [6.07, 6.45) is 2.73. The van der Waals surface area contributed by atoms with Crippen LogP contribution >= 0.6 is 0 Å². The number of amides is 1. The fourth-order valence-corrected chi connectivity index (χ4v) is 3.33. The molecular weight excluding hydrogens is 278 g/mol. The summed E-state index contributed by atoms with van der Waals surface area (Å²) in [6.45, 7) is 1.30. The molecule has 0 saturated heterocycles. The Kier molecular flexibility index (Phi) is 4.29. The first-order valence-corrected chi connectivity index (χ1v) is 8.37. The molecule has 1 heterocycles. The highest BCUT2D eigenvalue weighted by Crippen LogP contribution is 2.29. The first-order chi connectivity index (χ1) is 9.43. The van der Waals surface area contributed by atoms with Crippen molar-refractivity contribution < 1.29 is 13.2 Å². The average Bonchev–Trinajstić information content (AvgIpc) is 2.42. The highest BCUT2D eigenvalue weighted by molar-refractivity contribution is 7.92. The molecule has 0 unspecified atom stereocenters. The van der Waals surface area contributed by atoms with E-state index in [-0.39, 0.29) is 5.91 Å². The molecule has 0 saturated carbocycles. The van der Waals surface area contributed by atoms with Crippen LogP contribution in [0.1, 0.15) is 22.3 Å². The minimum atomic E-state index is -3.27. The third kappa shape index (κ3) is 3.10. The van der Waals surface area contributed by atoms with Gasteiger partial charge in [-0.3, -0.25) is 9.10 Å². The number of hydrogen-bond donors (Lipinski definition) is 2. The molecule has 1 aliphatic heterocycles. The number of anilines is 1. The second-order valence-corrected chi connectivity index (χ2v) is 6.73. The van der Waals surface area contributed by atoms with Gasteiger partial charge in [0.2, 0.25) is 10.0 Å². The zero-order valence-corrected chi connectivity index (χ0v) is 12.2. The lowest BCUT2D eigenvalue weighted by Crippen LogP contribution is -2.35. The Hall–Kier alpha value is -1.60. The molecule has 110 valence electrons. The molecule has 0 fully saturated rings. The fraction of sp³-hybridized carbons (Fsp3) is 0.462. The average molecular weight is 297 g/mol. The molecule has 0 atom stereocenters. The topological polar surface area (TPSA) is 92.5 Å². The number of benzene rings is 1. The molecule has 0 bridgehead atoms. The summed E-state index contributed by atoms with van der Waals surface area (Å²) in [5.74, 6) is -0.185. The first-order valence-electron chi connectivity index (χ1n) is 6.52. The molecule has 1 amide bonds. The van der Waals surface area contributed by atoms with Crippen molar-refractivity contribution in [1.29, 1.82) is 0 Å². The van der Waals surface area contributed by atoms with Gasteiger partial charge in [-0.15, -0.1) is 0 Å². The minimum Gasteiger partial charge on any atom is -0.351 e. The maximum atomic E-state index is 11.9. The molecule has 3 N–H and O–H groups in total. The number of sulfonamides is 1. The van der Waals surface area contributed by atoms with Crippen molar-refractivity contribution in [3.05, 3.63) is 29.3 Å². The summed E-state index contributed by atoms with van der Waals surface area (Å²) in [5, 5.41) is 2.70. The van der Waals surface area contributed by atoms with Crippen LogP contribution in [-0.4, -0.2) is 40.2 Å². The van der Waals surface area contributed by atoms with E-state index in [1.165, 1.54) is 10.6 Å². The molecule has 0 aromatic heterocycles. The zero-order chi connectivity index (χ0) is 14.8. The summed E-state index contributed by atoms with van der Waals surface area (Å²) in [4.78, 5) is 11.9.